The molecule has 6 heteroatoms. The summed E-state index contributed by atoms with van der Waals surface area (Å²) >= 11 is 0. The van der Waals surface area contributed by atoms with Gasteiger partial charge in [-0.15, -0.1) is 0 Å². The van der Waals surface area contributed by atoms with Gasteiger partial charge in [0.15, 0.2) is 0 Å². The largest absolute Gasteiger partial charge is 0.357 e. The fourth-order valence-corrected chi connectivity index (χ4v) is 4.09. The summed E-state index contributed by atoms with van der Waals surface area (Å²) in [6.07, 6.45) is 4.19. The predicted octanol–water partition coefficient (Wildman–Crippen LogP) is 2.92. The molecular weight excluding hydrogens is 302 g/mol. The van der Waals surface area contributed by atoms with E-state index in [9.17, 15) is 13.2 Å². The lowest BCUT2D eigenvalue weighted by molar-refractivity contribution is -0.128. The highest BCUT2D eigenvalue weighted by atomic mass is 32.2. The summed E-state index contributed by atoms with van der Waals surface area (Å²) in [5.41, 5.74) is 0. The van der Waals surface area contributed by atoms with Crippen molar-refractivity contribution in [1.82, 2.24) is 4.31 Å². The standard InChI is InChI=1S/C16H23NO4S/c1-2-3-4-8-13-21-16-12-11-15(18)17(16)22(19,20)14-9-6-5-7-10-14/h5-7,9-10,16H,2-4,8,11-13H2,1H3. The fourth-order valence-electron chi connectivity index (χ4n) is 2.53. The molecule has 1 fully saturated rings. The van der Waals surface area contributed by atoms with E-state index in [1.54, 1.807) is 18.2 Å². The summed E-state index contributed by atoms with van der Waals surface area (Å²) in [7, 11) is -3.83. The molecule has 0 saturated carbocycles. The van der Waals surface area contributed by atoms with Crippen molar-refractivity contribution in [2.75, 3.05) is 6.61 Å². The number of hydrogen-bond acceptors (Lipinski definition) is 4. The van der Waals surface area contributed by atoms with Gasteiger partial charge in [-0.05, 0) is 18.6 Å². The molecule has 1 aromatic carbocycles. The summed E-state index contributed by atoms with van der Waals surface area (Å²) in [5, 5.41) is 0. The van der Waals surface area contributed by atoms with Gasteiger partial charge in [-0.1, -0.05) is 44.4 Å². The lowest BCUT2D eigenvalue weighted by atomic mass is 10.2. The first-order valence-corrected chi connectivity index (χ1v) is 9.25. The summed E-state index contributed by atoms with van der Waals surface area (Å²) in [6, 6.07) is 8.03. The zero-order chi connectivity index (χ0) is 16.0. The topological polar surface area (TPSA) is 63.7 Å². The van der Waals surface area contributed by atoms with Crippen molar-refractivity contribution in [2.45, 2.75) is 56.6 Å². The van der Waals surface area contributed by atoms with Gasteiger partial charge >= 0.3 is 0 Å². The van der Waals surface area contributed by atoms with Crippen molar-refractivity contribution in [1.29, 1.82) is 0 Å². The molecule has 5 nitrogen and oxygen atoms in total. The molecule has 0 bridgehead atoms. The molecule has 22 heavy (non-hydrogen) atoms. The Kier molecular flexibility index (Phi) is 5.97. The molecule has 0 N–H and O–H groups in total. The molecule has 0 aliphatic carbocycles. The van der Waals surface area contributed by atoms with E-state index < -0.39 is 16.3 Å². The van der Waals surface area contributed by atoms with E-state index in [2.05, 4.69) is 6.92 Å². The summed E-state index contributed by atoms with van der Waals surface area (Å²) in [6.45, 7) is 2.61. The molecule has 0 aromatic heterocycles. The van der Waals surface area contributed by atoms with Crippen molar-refractivity contribution in [3.8, 4) is 0 Å². The number of rotatable bonds is 8. The van der Waals surface area contributed by atoms with Crippen LogP contribution in [0.15, 0.2) is 35.2 Å². The molecule has 1 heterocycles. The Morgan fingerprint density at radius 3 is 2.59 bits per heavy atom. The third-order valence-corrected chi connectivity index (χ3v) is 5.55. The summed E-state index contributed by atoms with van der Waals surface area (Å²) < 4.78 is 31.8. The van der Waals surface area contributed by atoms with E-state index >= 15 is 0 Å². The Hall–Kier alpha value is -1.40. The lowest BCUT2D eigenvalue weighted by Crippen LogP contribution is -2.40. The van der Waals surface area contributed by atoms with Gasteiger partial charge in [0.05, 0.1) is 4.90 Å². The lowest BCUT2D eigenvalue weighted by Gasteiger charge is -2.24. The number of ether oxygens (including phenoxy) is 1. The molecule has 0 spiro atoms. The summed E-state index contributed by atoms with van der Waals surface area (Å²) in [4.78, 5) is 12.1. The first kappa shape index (κ1) is 17.0. The van der Waals surface area contributed by atoms with Crippen LogP contribution in [0.5, 0.6) is 0 Å². The highest BCUT2D eigenvalue weighted by Crippen LogP contribution is 2.27. The van der Waals surface area contributed by atoms with Crippen LogP contribution < -0.4 is 0 Å². The van der Waals surface area contributed by atoms with Gasteiger partial charge in [0.2, 0.25) is 5.91 Å². The Morgan fingerprint density at radius 2 is 1.91 bits per heavy atom. The van der Waals surface area contributed by atoms with Gasteiger partial charge in [-0.2, -0.15) is 0 Å². The van der Waals surface area contributed by atoms with Crippen molar-refractivity contribution in [2.24, 2.45) is 0 Å². The molecule has 1 atom stereocenters. The zero-order valence-electron chi connectivity index (χ0n) is 12.9. The number of carbonyl (C=O) groups is 1. The third-order valence-electron chi connectivity index (χ3n) is 3.72. The minimum atomic E-state index is -3.83. The van der Waals surface area contributed by atoms with Crippen LogP contribution >= 0.6 is 0 Å². The van der Waals surface area contributed by atoms with Crippen LogP contribution in [0.3, 0.4) is 0 Å². The van der Waals surface area contributed by atoms with Gasteiger partial charge in [-0.3, -0.25) is 4.79 Å². The Morgan fingerprint density at radius 1 is 1.18 bits per heavy atom. The number of sulfonamides is 1. The third kappa shape index (κ3) is 3.87. The van der Waals surface area contributed by atoms with E-state index in [1.165, 1.54) is 12.1 Å². The van der Waals surface area contributed by atoms with Crippen molar-refractivity contribution in [3.63, 3.8) is 0 Å². The van der Waals surface area contributed by atoms with Crippen LogP contribution in [0.1, 0.15) is 45.4 Å². The second-order valence-electron chi connectivity index (χ2n) is 5.43. The molecule has 1 aliphatic rings. The van der Waals surface area contributed by atoms with Crippen LogP contribution in [-0.2, 0) is 19.6 Å². The van der Waals surface area contributed by atoms with Crippen LogP contribution in [0.2, 0.25) is 0 Å². The molecule has 1 unspecified atom stereocenters. The molecule has 122 valence electrons. The molecule has 2 rings (SSSR count). The number of benzene rings is 1. The van der Waals surface area contributed by atoms with Crippen LogP contribution in [0.4, 0.5) is 0 Å². The zero-order valence-corrected chi connectivity index (χ0v) is 13.7. The number of unbranched alkanes of at least 4 members (excludes halogenated alkanes) is 3. The SMILES string of the molecule is CCCCCCOC1CCC(=O)N1S(=O)(=O)c1ccccc1. The maximum atomic E-state index is 12.6. The van der Waals surface area contributed by atoms with Crippen LogP contribution in [0.25, 0.3) is 0 Å². The minimum Gasteiger partial charge on any atom is -0.357 e. The van der Waals surface area contributed by atoms with Gasteiger partial charge in [0.1, 0.15) is 6.23 Å². The van der Waals surface area contributed by atoms with Crippen molar-refractivity contribution >= 4 is 15.9 Å². The fraction of sp³-hybridized carbons (Fsp3) is 0.562. The second kappa shape index (κ2) is 7.74. The highest BCUT2D eigenvalue weighted by Gasteiger charge is 2.41. The van der Waals surface area contributed by atoms with E-state index in [0.717, 1.165) is 30.0 Å². The Bertz CT molecular complexity index is 585. The quantitative estimate of drug-likeness (QED) is 0.689. The van der Waals surface area contributed by atoms with Crippen molar-refractivity contribution in [3.05, 3.63) is 30.3 Å². The smallest absolute Gasteiger partial charge is 0.268 e. The average Bonchev–Trinajstić information content (AvgIpc) is 2.89. The summed E-state index contributed by atoms with van der Waals surface area (Å²) in [5.74, 6) is -0.387. The number of nitrogens with zero attached hydrogens (tertiary/aromatic N) is 1. The maximum Gasteiger partial charge on any atom is 0.268 e. The maximum absolute atomic E-state index is 12.6. The Labute approximate surface area is 132 Å². The van der Waals surface area contributed by atoms with Gasteiger partial charge < -0.3 is 4.74 Å². The second-order valence-corrected chi connectivity index (χ2v) is 7.25. The molecule has 0 radical (unpaired) electrons. The average molecular weight is 325 g/mol. The molecule has 1 aromatic rings. The first-order valence-electron chi connectivity index (χ1n) is 7.81. The molecule has 1 amide bonds. The van der Waals surface area contributed by atoms with Crippen LogP contribution in [-0.4, -0.2) is 31.5 Å². The molecule has 1 saturated heterocycles. The van der Waals surface area contributed by atoms with E-state index in [0.29, 0.717) is 13.0 Å². The minimum absolute atomic E-state index is 0.129. The first-order chi connectivity index (χ1) is 10.6. The van der Waals surface area contributed by atoms with E-state index in [4.69, 9.17) is 4.74 Å². The van der Waals surface area contributed by atoms with E-state index in [1.807, 2.05) is 0 Å². The monoisotopic (exact) mass is 325 g/mol. The molecular formula is C16H23NO4S. The molecule has 1 aliphatic heterocycles. The normalized spacial score (nSPS) is 18.9. The van der Waals surface area contributed by atoms with Gasteiger partial charge in [0, 0.05) is 19.4 Å². The van der Waals surface area contributed by atoms with Crippen molar-refractivity contribution < 1.29 is 17.9 Å². The van der Waals surface area contributed by atoms with Gasteiger partial charge in [-0.25, -0.2) is 12.7 Å². The van der Waals surface area contributed by atoms with Crippen LogP contribution in [0, 0.1) is 0 Å². The Balaban J connectivity index is 2.05. The number of hydrogen-bond donors (Lipinski definition) is 0. The highest BCUT2D eigenvalue weighted by molar-refractivity contribution is 7.89. The predicted molar refractivity (Wildman–Crippen MR) is 83.6 cm³/mol. The number of amides is 1. The van der Waals surface area contributed by atoms with E-state index in [-0.39, 0.29) is 17.2 Å². The number of carbonyl (C=O) groups excluding carboxylic acids is 1. The van der Waals surface area contributed by atoms with Gasteiger partial charge in [0.25, 0.3) is 10.0 Å².